The second-order valence-corrected chi connectivity index (χ2v) is 2.94. The van der Waals surface area contributed by atoms with Gasteiger partial charge in [0.2, 0.25) is 6.33 Å². The second kappa shape index (κ2) is 3.07. The molecule has 11 heavy (non-hydrogen) atoms. The number of rotatable bonds is 2. The van der Waals surface area contributed by atoms with Gasteiger partial charge in [0.15, 0.2) is 0 Å². The number of aromatic nitrogens is 2. The molecule has 0 fully saturated rings. The maximum absolute atomic E-state index is 2.21. The van der Waals surface area contributed by atoms with E-state index in [1.807, 2.05) is 0 Å². The molecule has 0 aromatic carbocycles. The minimum atomic E-state index is 1.13. The normalized spacial score (nSPS) is 10.5. The van der Waals surface area contributed by atoms with E-state index in [1.54, 1.807) is 0 Å². The lowest BCUT2D eigenvalue weighted by Gasteiger charge is -1.93. The summed E-state index contributed by atoms with van der Waals surface area (Å²) in [5.41, 5.74) is 2.91. The summed E-state index contributed by atoms with van der Waals surface area (Å²) in [5.74, 6) is 0. The number of aryl methyl sites for hydroxylation is 2. The standard InChI is InChI=1S/C9H17N2/c1-5-8-9(6-2)11(4)7-10(8)3/h7H,5-6H2,1-4H3/q+1. The van der Waals surface area contributed by atoms with E-state index in [0.29, 0.717) is 0 Å². The molecule has 1 heterocycles. The Hall–Kier alpha value is -0.790. The average molecular weight is 153 g/mol. The zero-order valence-corrected chi connectivity index (χ0v) is 7.89. The van der Waals surface area contributed by atoms with Crippen LogP contribution in [0.3, 0.4) is 0 Å². The van der Waals surface area contributed by atoms with E-state index in [-0.39, 0.29) is 0 Å². The van der Waals surface area contributed by atoms with Gasteiger partial charge in [0, 0.05) is 12.8 Å². The largest absolute Gasteiger partial charge is 0.243 e. The fourth-order valence-electron chi connectivity index (χ4n) is 1.71. The fraction of sp³-hybridized carbons (Fsp3) is 0.667. The highest BCUT2D eigenvalue weighted by atomic mass is 15.1. The first-order valence-corrected chi connectivity index (χ1v) is 4.23. The molecule has 0 bridgehead atoms. The maximum atomic E-state index is 2.21. The first-order valence-electron chi connectivity index (χ1n) is 4.23. The molecule has 0 saturated carbocycles. The molecule has 62 valence electrons. The third-order valence-electron chi connectivity index (χ3n) is 2.20. The first kappa shape index (κ1) is 8.31. The summed E-state index contributed by atoms with van der Waals surface area (Å²) in [6.07, 6.45) is 4.39. The zero-order valence-electron chi connectivity index (χ0n) is 7.89. The van der Waals surface area contributed by atoms with Crippen LogP contribution in [0.2, 0.25) is 0 Å². The topological polar surface area (TPSA) is 8.81 Å². The van der Waals surface area contributed by atoms with E-state index in [0.717, 1.165) is 12.8 Å². The van der Waals surface area contributed by atoms with Crippen LogP contribution in [0.4, 0.5) is 0 Å². The average Bonchev–Trinajstić information content (AvgIpc) is 2.24. The summed E-state index contributed by atoms with van der Waals surface area (Å²) in [7, 11) is 4.22. The van der Waals surface area contributed by atoms with Gasteiger partial charge in [0.05, 0.1) is 14.1 Å². The smallest absolute Gasteiger partial charge is 0.237 e. The van der Waals surface area contributed by atoms with E-state index in [9.17, 15) is 0 Å². The van der Waals surface area contributed by atoms with Crippen LogP contribution >= 0.6 is 0 Å². The molecule has 0 N–H and O–H groups in total. The summed E-state index contributed by atoms with van der Waals surface area (Å²) < 4.78 is 4.41. The van der Waals surface area contributed by atoms with Gasteiger partial charge in [-0.3, -0.25) is 0 Å². The Morgan fingerprint density at radius 3 is 2.36 bits per heavy atom. The number of hydrogen-bond acceptors (Lipinski definition) is 0. The van der Waals surface area contributed by atoms with Crippen LogP contribution in [-0.4, -0.2) is 4.57 Å². The Morgan fingerprint density at radius 1 is 1.36 bits per heavy atom. The molecule has 0 aliphatic rings. The van der Waals surface area contributed by atoms with E-state index >= 15 is 0 Å². The molecule has 0 aliphatic carbocycles. The van der Waals surface area contributed by atoms with Gasteiger partial charge in [-0.15, -0.1) is 0 Å². The van der Waals surface area contributed by atoms with Crippen molar-refractivity contribution in [3.05, 3.63) is 17.7 Å². The molecule has 0 atom stereocenters. The van der Waals surface area contributed by atoms with Gasteiger partial charge in [0.1, 0.15) is 11.4 Å². The fourth-order valence-corrected chi connectivity index (χ4v) is 1.71. The number of hydrogen-bond donors (Lipinski definition) is 0. The summed E-state index contributed by atoms with van der Waals surface area (Å²) in [5, 5.41) is 0. The molecule has 2 heteroatoms. The highest BCUT2D eigenvalue weighted by Crippen LogP contribution is 2.04. The Morgan fingerprint density at radius 2 is 2.00 bits per heavy atom. The number of imidazole rings is 1. The molecule has 0 aliphatic heterocycles. The van der Waals surface area contributed by atoms with Crippen molar-refractivity contribution in [3.8, 4) is 0 Å². The first-order chi connectivity index (χ1) is 5.20. The Balaban J connectivity index is 3.17. The Labute approximate surface area is 68.5 Å². The third kappa shape index (κ3) is 1.30. The molecule has 0 saturated heterocycles. The monoisotopic (exact) mass is 153 g/mol. The zero-order chi connectivity index (χ0) is 8.43. The van der Waals surface area contributed by atoms with Gasteiger partial charge in [-0.05, 0) is 0 Å². The summed E-state index contributed by atoms with van der Waals surface area (Å²) in [6, 6.07) is 0. The lowest BCUT2D eigenvalue weighted by molar-refractivity contribution is -0.678. The van der Waals surface area contributed by atoms with Crippen LogP contribution in [0.1, 0.15) is 25.2 Å². The molecule has 1 aromatic rings. The summed E-state index contributed by atoms with van der Waals surface area (Å²) in [6.45, 7) is 4.41. The quantitative estimate of drug-likeness (QED) is 0.560. The second-order valence-electron chi connectivity index (χ2n) is 2.94. The molecule has 0 amide bonds. The molecule has 1 aromatic heterocycles. The molecule has 0 spiro atoms. The predicted octanol–water partition coefficient (Wildman–Crippen LogP) is 0.974. The van der Waals surface area contributed by atoms with Gasteiger partial charge >= 0.3 is 0 Å². The SMILES string of the molecule is CCc1c(CC)[n+](C)cn1C. The molecule has 0 radical (unpaired) electrons. The molecular weight excluding hydrogens is 136 g/mol. The van der Waals surface area contributed by atoms with Crippen LogP contribution < -0.4 is 4.57 Å². The van der Waals surface area contributed by atoms with Gasteiger partial charge in [-0.1, -0.05) is 13.8 Å². The van der Waals surface area contributed by atoms with E-state index in [4.69, 9.17) is 0 Å². The van der Waals surface area contributed by atoms with Gasteiger partial charge < -0.3 is 0 Å². The van der Waals surface area contributed by atoms with Crippen molar-refractivity contribution in [2.24, 2.45) is 14.1 Å². The predicted molar refractivity (Wildman–Crippen MR) is 45.3 cm³/mol. The molecule has 1 rings (SSSR count). The highest BCUT2D eigenvalue weighted by Gasteiger charge is 2.14. The summed E-state index contributed by atoms with van der Waals surface area (Å²) in [4.78, 5) is 0. The van der Waals surface area contributed by atoms with Crippen LogP contribution in [0, 0.1) is 0 Å². The van der Waals surface area contributed by atoms with Crippen molar-refractivity contribution in [1.82, 2.24) is 4.57 Å². The molecular formula is C9H17N2+. The van der Waals surface area contributed by atoms with Crippen LogP contribution in [-0.2, 0) is 26.9 Å². The minimum absolute atomic E-state index is 1.13. The van der Waals surface area contributed by atoms with Crippen molar-refractivity contribution in [2.45, 2.75) is 26.7 Å². The van der Waals surface area contributed by atoms with Crippen LogP contribution in [0.15, 0.2) is 6.33 Å². The minimum Gasteiger partial charge on any atom is -0.237 e. The van der Waals surface area contributed by atoms with Gasteiger partial charge in [-0.2, -0.15) is 0 Å². The lowest BCUT2D eigenvalue weighted by Crippen LogP contribution is -2.30. The Kier molecular flexibility index (Phi) is 2.32. The third-order valence-corrected chi connectivity index (χ3v) is 2.20. The Bertz CT molecular complexity index is 224. The van der Waals surface area contributed by atoms with E-state index in [2.05, 4.69) is 43.4 Å². The van der Waals surface area contributed by atoms with Gasteiger partial charge in [0.25, 0.3) is 0 Å². The summed E-state index contributed by atoms with van der Waals surface area (Å²) >= 11 is 0. The van der Waals surface area contributed by atoms with Crippen molar-refractivity contribution in [1.29, 1.82) is 0 Å². The molecule has 2 nitrogen and oxygen atoms in total. The maximum Gasteiger partial charge on any atom is 0.243 e. The van der Waals surface area contributed by atoms with E-state index < -0.39 is 0 Å². The lowest BCUT2D eigenvalue weighted by atomic mass is 10.2. The van der Waals surface area contributed by atoms with Crippen LogP contribution in [0.25, 0.3) is 0 Å². The highest BCUT2D eigenvalue weighted by molar-refractivity contribution is 5.06. The van der Waals surface area contributed by atoms with Crippen molar-refractivity contribution in [2.75, 3.05) is 0 Å². The van der Waals surface area contributed by atoms with Gasteiger partial charge in [-0.25, -0.2) is 9.13 Å². The molecule has 0 unspecified atom stereocenters. The van der Waals surface area contributed by atoms with E-state index in [1.165, 1.54) is 11.4 Å². The van der Waals surface area contributed by atoms with Crippen molar-refractivity contribution in [3.63, 3.8) is 0 Å². The van der Waals surface area contributed by atoms with Crippen molar-refractivity contribution >= 4 is 0 Å². The van der Waals surface area contributed by atoms with Crippen molar-refractivity contribution < 1.29 is 4.57 Å². The number of nitrogens with zero attached hydrogens (tertiary/aromatic N) is 2. The van der Waals surface area contributed by atoms with Crippen LogP contribution in [0.5, 0.6) is 0 Å².